The van der Waals surface area contributed by atoms with E-state index in [1.54, 1.807) is 0 Å². The zero-order valence-electron chi connectivity index (χ0n) is 14.6. The van der Waals surface area contributed by atoms with Crippen LogP contribution in [-0.2, 0) is 12.0 Å². The first-order chi connectivity index (χ1) is 10.4. The molecule has 2 N–H and O–H groups in total. The average Bonchev–Trinajstić information content (AvgIpc) is 2.84. The molecule has 1 aromatic carbocycles. The molecule has 2 aliphatic rings. The number of fused-ring (bicyclic) bond motifs is 1. The number of benzene rings is 1. The molecule has 0 amide bonds. The minimum atomic E-state index is 0.204. The number of nitrogens with two attached hydrogens (primary N) is 1. The Morgan fingerprint density at radius 2 is 1.86 bits per heavy atom. The SMILES string of the molecule is CN1CCC(N2Cc3ccc(C(C)(C)C)cc3C2CN)CC1. The minimum absolute atomic E-state index is 0.204. The summed E-state index contributed by atoms with van der Waals surface area (Å²) in [5.41, 5.74) is 10.8. The average molecular weight is 301 g/mol. The minimum Gasteiger partial charge on any atom is -0.329 e. The summed E-state index contributed by atoms with van der Waals surface area (Å²) in [7, 11) is 2.23. The van der Waals surface area contributed by atoms with Gasteiger partial charge >= 0.3 is 0 Å². The number of nitrogens with zero attached hydrogens (tertiary/aromatic N) is 2. The third-order valence-electron chi connectivity index (χ3n) is 5.50. The van der Waals surface area contributed by atoms with E-state index in [0.717, 1.165) is 13.1 Å². The van der Waals surface area contributed by atoms with Crippen LogP contribution in [0.4, 0.5) is 0 Å². The van der Waals surface area contributed by atoms with Crippen molar-refractivity contribution >= 4 is 0 Å². The summed E-state index contributed by atoms with van der Waals surface area (Å²) in [5, 5.41) is 0. The van der Waals surface area contributed by atoms with Gasteiger partial charge in [0.1, 0.15) is 0 Å². The molecule has 3 nitrogen and oxygen atoms in total. The Morgan fingerprint density at radius 1 is 1.18 bits per heavy atom. The molecular weight excluding hydrogens is 270 g/mol. The van der Waals surface area contributed by atoms with Gasteiger partial charge in [-0.15, -0.1) is 0 Å². The zero-order chi connectivity index (χ0) is 15.9. The summed E-state index contributed by atoms with van der Waals surface area (Å²) in [6.45, 7) is 11.1. The maximum absolute atomic E-state index is 6.18. The van der Waals surface area contributed by atoms with Crippen molar-refractivity contribution in [2.45, 2.75) is 57.7 Å². The highest BCUT2D eigenvalue weighted by Gasteiger charge is 2.35. The van der Waals surface area contributed by atoms with E-state index in [0.29, 0.717) is 12.1 Å². The van der Waals surface area contributed by atoms with Crippen molar-refractivity contribution < 1.29 is 0 Å². The number of rotatable bonds is 2. The fraction of sp³-hybridized carbons (Fsp3) is 0.684. The molecule has 2 heterocycles. The number of hydrogen-bond donors (Lipinski definition) is 1. The fourth-order valence-electron chi connectivity index (χ4n) is 3.97. The molecule has 3 rings (SSSR count). The summed E-state index contributed by atoms with van der Waals surface area (Å²) in [5.74, 6) is 0. The predicted molar refractivity (Wildman–Crippen MR) is 93.0 cm³/mol. The molecule has 0 aliphatic carbocycles. The van der Waals surface area contributed by atoms with E-state index < -0.39 is 0 Å². The second kappa shape index (κ2) is 5.95. The Labute approximate surface area is 135 Å². The van der Waals surface area contributed by atoms with Gasteiger partial charge in [0.15, 0.2) is 0 Å². The Hall–Kier alpha value is -0.900. The van der Waals surface area contributed by atoms with Crippen LogP contribution in [-0.4, -0.2) is 42.5 Å². The monoisotopic (exact) mass is 301 g/mol. The number of likely N-dealkylation sites (tertiary alicyclic amines) is 1. The summed E-state index contributed by atoms with van der Waals surface area (Å²) in [6.07, 6.45) is 2.54. The van der Waals surface area contributed by atoms with Crippen LogP contribution in [0.25, 0.3) is 0 Å². The van der Waals surface area contributed by atoms with Crippen LogP contribution >= 0.6 is 0 Å². The van der Waals surface area contributed by atoms with Crippen LogP contribution in [0.5, 0.6) is 0 Å². The van der Waals surface area contributed by atoms with Gasteiger partial charge in [0.05, 0.1) is 0 Å². The lowest BCUT2D eigenvalue weighted by atomic mass is 9.85. The van der Waals surface area contributed by atoms with Crippen LogP contribution in [0.15, 0.2) is 18.2 Å². The second-order valence-corrected chi connectivity index (χ2v) is 8.12. The highest BCUT2D eigenvalue weighted by atomic mass is 15.2. The third kappa shape index (κ3) is 2.94. The lowest BCUT2D eigenvalue weighted by molar-refractivity contribution is 0.0908. The quantitative estimate of drug-likeness (QED) is 0.911. The highest BCUT2D eigenvalue weighted by molar-refractivity contribution is 5.40. The van der Waals surface area contributed by atoms with Crippen LogP contribution in [0.2, 0.25) is 0 Å². The first kappa shape index (κ1) is 16.0. The maximum Gasteiger partial charge on any atom is 0.0480 e. The van der Waals surface area contributed by atoms with Crippen molar-refractivity contribution in [1.29, 1.82) is 0 Å². The van der Waals surface area contributed by atoms with Crippen molar-refractivity contribution in [3.63, 3.8) is 0 Å². The molecule has 1 fully saturated rings. The molecule has 0 aromatic heterocycles. The van der Waals surface area contributed by atoms with Crippen molar-refractivity contribution in [3.8, 4) is 0 Å². The van der Waals surface area contributed by atoms with Crippen molar-refractivity contribution in [2.24, 2.45) is 5.73 Å². The van der Waals surface area contributed by atoms with E-state index in [9.17, 15) is 0 Å². The van der Waals surface area contributed by atoms with Crippen LogP contribution in [0.1, 0.15) is 56.3 Å². The number of hydrogen-bond acceptors (Lipinski definition) is 3. The Balaban J connectivity index is 1.85. The lowest BCUT2D eigenvalue weighted by Gasteiger charge is -2.38. The van der Waals surface area contributed by atoms with Gasteiger partial charge in [-0.3, -0.25) is 4.90 Å². The molecule has 1 atom stereocenters. The molecule has 0 bridgehead atoms. The van der Waals surface area contributed by atoms with Crippen LogP contribution < -0.4 is 5.73 Å². The van der Waals surface area contributed by atoms with Crippen molar-refractivity contribution in [2.75, 3.05) is 26.7 Å². The Bertz CT molecular complexity index is 524. The Kier molecular flexibility index (Phi) is 4.32. The largest absolute Gasteiger partial charge is 0.329 e. The molecular formula is C19H31N3. The standard InChI is InChI=1S/C19H31N3/c1-19(2,3)15-6-5-14-13-22(18(12-20)17(14)11-15)16-7-9-21(4)10-8-16/h5-6,11,16,18H,7-10,12-13,20H2,1-4H3. The maximum atomic E-state index is 6.18. The van der Waals surface area contributed by atoms with Gasteiger partial charge in [0.2, 0.25) is 0 Å². The fourth-order valence-corrected chi connectivity index (χ4v) is 3.97. The molecule has 1 unspecified atom stereocenters. The molecule has 1 aromatic rings. The van der Waals surface area contributed by atoms with Crippen molar-refractivity contribution in [1.82, 2.24) is 9.80 Å². The van der Waals surface area contributed by atoms with Crippen LogP contribution in [0.3, 0.4) is 0 Å². The molecule has 122 valence electrons. The summed E-state index contributed by atoms with van der Waals surface area (Å²) < 4.78 is 0. The first-order valence-corrected chi connectivity index (χ1v) is 8.68. The second-order valence-electron chi connectivity index (χ2n) is 8.12. The van der Waals surface area contributed by atoms with E-state index in [2.05, 4.69) is 55.8 Å². The van der Waals surface area contributed by atoms with Gasteiger partial charge in [0, 0.05) is 25.2 Å². The third-order valence-corrected chi connectivity index (χ3v) is 5.50. The highest BCUT2D eigenvalue weighted by Crippen LogP contribution is 2.39. The van der Waals surface area contributed by atoms with Crippen LogP contribution in [0, 0.1) is 0 Å². The molecule has 2 aliphatic heterocycles. The van der Waals surface area contributed by atoms with E-state index in [1.807, 2.05) is 0 Å². The van der Waals surface area contributed by atoms with E-state index in [1.165, 1.54) is 42.6 Å². The van der Waals surface area contributed by atoms with Crippen molar-refractivity contribution in [3.05, 3.63) is 34.9 Å². The molecule has 0 radical (unpaired) electrons. The molecule has 0 spiro atoms. The first-order valence-electron chi connectivity index (χ1n) is 8.68. The van der Waals surface area contributed by atoms with Gasteiger partial charge in [-0.2, -0.15) is 0 Å². The smallest absolute Gasteiger partial charge is 0.0480 e. The normalized spacial score (nSPS) is 24.7. The molecule has 0 saturated carbocycles. The summed E-state index contributed by atoms with van der Waals surface area (Å²) >= 11 is 0. The lowest BCUT2D eigenvalue weighted by Crippen LogP contribution is -2.44. The summed E-state index contributed by atoms with van der Waals surface area (Å²) in [6, 6.07) is 8.17. The predicted octanol–water partition coefficient (Wildman–Crippen LogP) is 2.89. The summed E-state index contributed by atoms with van der Waals surface area (Å²) in [4.78, 5) is 5.11. The van der Waals surface area contributed by atoms with Gasteiger partial charge in [-0.05, 0) is 55.1 Å². The topological polar surface area (TPSA) is 32.5 Å². The number of piperidine rings is 1. The van der Waals surface area contributed by atoms with Gasteiger partial charge in [0.25, 0.3) is 0 Å². The van der Waals surface area contributed by atoms with Gasteiger partial charge < -0.3 is 10.6 Å². The van der Waals surface area contributed by atoms with Gasteiger partial charge in [-0.25, -0.2) is 0 Å². The van der Waals surface area contributed by atoms with E-state index in [4.69, 9.17) is 5.73 Å². The molecule has 22 heavy (non-hydrogen) atoms. The van der Waals surface area contributed by atoms with Gasteiger partial charge in [-0.1, -0.05) is 39.0 Å². The van der Waals surface area contributed by atoms with E-state index in [-0.39, 0.29) is 5.41 Å². The zero-order valence-corrected chi connectivity index (χ0v) is 14.6. The molecule has 3 heteroatoms. The van der Waals surface area contributed by atoms with E-state index >= 15 is 0 Å². The Morgan fingerprint density at radius 3 is 2.45 bits per heavy atom. The molecule has 1 saturated heterocycles.